The summed E-state index contributed by atoms with van der Waals surface area (Å²) >= 11 is 5.72. The topological polar surface area (TPSA) is 32.7 Å². The number of piperidine rings is 1. The van der Waals surface area contributed by atoms with Crippen molar-refractivity contribution in [3.8, 4) is 0 Å². The molecule has 0 aromatic heterocycles. The summed E-state index contributed by atoms with van der Waals surface area (Å²) in [6.07, 6.45) is 3.97. The van der Waals surface area contributed by atoms with Crippen LogP contribution >= 0.6 is 24.0 Å². The molecule has 1 fully saturated rings. The van der Waals surface area contributed by atoms with Gasteiger partial charge >= 0.3 is 0 Å². The summed E-state index contributed by atoms with van der Waals surface area (Å²) in [5.41, 5.74) is 0. The third-order valence-electron chi connectivity index (χ3n) is 3.28. The van der Waals surface area contributed by atoms with E-state index in [1.165, 1.54) is 0 Å². The van der Waals surface area contributed by atoms with Gasteiger partial charge in [-0.1, -0.05) is 0 Å². The molecule has 3 nitrogen and oxygen atoms in total. The van der Waals surface area contributed by atoms with Gasteiger partial charge in [0.15, 0.2) is 0 Å². The molecule has 2 aliphatic heterocycles. The summed E-state index contributed by atoms with van der Waals surface area (Å²) in [6, 6.07) is 0.112. The number of carbonyl (C=O) groups is 1. The number of halogens is 2. The van der Waals surface area contributed by atoms with Crippen molar-refractivity contribution in [1.29, 1.82) is 0 Å². The Morgan fingerprint density at radius 2 is 2.25 bits per heavy atom. The molecule has 0 N–H and O–H groups in total. The van der Waals surface area contributed by atoms with E-state index in [4.69, 9.17) is 11.6 Å². The zero-order chi connectivity index (χ0) is 10.8. The zero-order valence-electron chi connectivity index (χ0n) is 9.49. The molecule has 2 rings (SSSR count). The average molecular weight is 265 g/mol. The second-order valence-corrected chi connectivity index (χ2v) is 4.70. The molecule has 0 saturated carbocycles. The van der Waals surface area contributed by atoms with Crippen LogP contribution in [0.4, 0.5) is 0 Å². The van der Waals surface area contributed by atoms with Gasteiger partial charge in [0.05, 0.1) is 12.0 Å². The molecule has 0 aromatic carbocycles. The van der Waals surface area contributed by atoms with Crippen LogP contribution in [-0.2, 0) is 4.79 Å². The van der Waals surface area contributed by atoms with Gasteiger partial charge in [0.2, 0.25) is 5.91 Å². The molecule has 0 aromatic rings. The van der Waals surface area contributed by atoms with E-state index in [0.29, 0.717) is 5.88 Å². The molecular formula is C11H18Cl2N2O. The van der Waals surface area contributed by atoms with Gasteiger partial charge in [0, 0.05) is 18.8 Å². The maximum atomic E-state index is 12.1. The molecule has 1 saturated heterocycles. The Morgan fingerprint density at radius 3 is 2.94 bits per heavy atom. The number of amidine groups is 1. The largest absolute Gasteiger partial charge is 0.300 e. The Kier molecular flexibility index (Phi) is 5.06. The highest BCUT2D eigenvalue weighted by Crippen LogP contribution is 2.26. The fourth-order valence-corrected chi connectivity index (χ4v) is 2.64. The molecule has 2 unspecified atom stereocenters. The van der Waals surface area contributed by atoms with Crippen LogP contribution in [0.15, 0.2) is 4.99 Å². The second kappa shape index (κ2) is 5.87. The predicted molar refractivity (Wildman–Crippen MR) is 68.5 cm³/mol. The summed E-state index contributed by atoms with van der Waals surface area (Å²) < 4.78 is 0. The number of aliphatic imine (C=N–C) groups is 1. The van der Waals surface area contributed by atoms with Crippen LogP contribution < -0.4 is 0 Å². The van der Waals surface area contributed by atoms with E-state index < -0.39 is 0 Å². The quantitative estimate of drug-likeness (QED) is 0.706. The van der Waals surface area contributed by atoms with Gasteiger partial charge in [-0.2, -0.15) is 0 Å². The van der Waals surface area contributed by atoms with Crippen LogP contribution in [-0.4, -0.2) is 35.1 Å². The van der Waals surface area contributed by atoms with Crippen molar-refractivity contribution in [2.75, 3.05) is 12.4 Å². The van der Waals surface area contributed by atoms with Crippen LogP contribution in [0.25, 0.3) is 0 Å². The molecule has 16 heavy (non-hydrogen) atoms. The summed E-state index contributed by atoms with van der Waals surface area (Å²) in [4.78, 5) is 18.6. The van der Waals surface area contributed by atoms with Gasteiger partial charge in [0.25, 0.3) is 0 Å². The Balaban J connectivity index is 0.00000128. The number of nitrogens with zero attached hydrogens (tertiary/aromatic N) is 2. The van der Waals surface area contributed by atoms with Crippen molar-refractivity contribution in [3.63, 3.8) is 0 Å². The van der Waals surface area contributed by atoms with E-state index >= 15 is 0 Å². The first-order chi connectivity index (χ1) is 7.24. The van der Waals surface area contributed by atoms with Crippen molar-refractivity contribution in [2.45, 2.75) is 38.6 Å². The van der Waals surface area contributed by atoms with Gasteiger partial charge in [-0.25, -0.2) is 0 Å². The molecule has 2 atom stereocenters. The molecule has 0 radical (unpaired) electrons. The SMILES string of the molecule is CC1N=C2CCCCN2C(=O)C1CCCl.Cl. The lowest BCUT2D eigenvalue weighted by atomic mass is 9.93. The smallest absolute Gasteiger partial charge is 0.233 e. The highest BCUT2D eigenvalue weighted by atomic mass is 35.5. The van der Waals surface area contributed by atoms with Crippen molar-refractivity contribution >= 4 is 35.8 Å². The van der Waals surface area contributed by atoms with Crippen molar-refractivity contribution in [1.82, 2.24) is 4.90 Å². The molecule has 2 aliphatic rings. The minimum absolute atomic E-state index is 0. The normalized spacial score (nSPS) is 29.2. The van der Waals surface area contributed by atoms with Gasteiger partial charge in [-0.3, -0.25) is 9.79 Å². The number of hydrogen-bond acceptors (Lipinski definition) is 2. The van der Waals surface area contributed by atoms with Crippen LogP contribution in [0, 0.1) is 5.92 Å². The number of alkyl halides is 1. The first kappa shape index (κ1) is 13.8. The average Bonchev–Trinajstić information content (AvgIpc) is 2.24. The molecule has 0 spiro atoms. The third-order valence-corrected chi connectivity index (χ3v) is 3.50. The first-order valence-electron chi connectivity index (χ1n) is 5.68. The molecule has 2 heterocycles. The van der Waals surface area contributed by atoms with E-state index in [-0.39, 0.29) is 30.3 Å². The number of rotatable bonds is 2. The fourth-order valence-electron chi connectivity index (χ4n) is 2.40. The van der Waals surface area contributed by atoms with E-state index in [0.717, 1.165) is 38.1 Å². The van der Waals surface area contributed by atoms with Crippen molar-refractivity contribution in [2.24, 2.45) is 10.9 Å². The van der Waals surface area contributed by atoms with E-state index in [9.17, 15) is 4.79 Å². The molecular weight excluding hydrogens is 247 g/mol. The van der Waals surface area contributed by atoms with Crippen LogP contribution in [0.5, 0.6) is 0 Å². The Labute approximate surface area is 108 Å². The van der Waals surface area contributed by atoms with Gasteiger partial charge in [-0.05, 0) is 26.2 Å². The van der Waals surface area contributed by atoms with Gasteiger partial charge in [0.1, 0.15) is 5.84 Å². The number of carbonyl (C=O) groups excluding carboxylic acids is 1. The van der Waals surface area contributed by atoms with E-state index in [1.54, 1.807) is 0 Å². The zero-order valence-corrected chi connectivity index (χ0v) is 11.1. The molecule has 92 valence electrons. The first-order valence-corrected chi connectivity index (χ1v) is 6.21. The van der Waals surface area contributed by atoms with Crippen LogP contribution in [0.3, 0.4) is 0 Å². The molecule has 5 heteroatoms. The Hall–Kier alpha value is -0.280. The van der Waals surface area contributed by atoms with E-state index in [2.05, 4.69) is 4.99 Å². The highest BCUT2D eigenvalue weighted by molar-refractivity contribution is 6.18. The second-order valence-electron chi connectivity index (χ2n) is 4.32. The Bertz CT molecular complexity index is 294. The van der Waals surface area contributed by atoms with Crippen molar-refractivity contribution in [3.05, 3.63) is 0 Å². The maximum Gasteiger partial charge on any atom is 0.233 e. The fraction of sp³-hybridized carbons (Fsp3) is 0.818. The number of amides is 1. The number of fused-ring (bicyclic) bond motifs is 1. The molecule has 0 aliphatic carbocycles. The summed E-state index contributed by atoms with van der Waals surface area (Å²) in [7, 11) is 0. The molecule has 1 amide bonds. The summed E-state index contributed by atoms with van der Waals surface area (Å²) in [5.74, 6) is 1.79. The highest BCUT2D eigenvalue weighted by Gasteiger charge is 2.36. The van der Waals surface area contributed by atoms with Crippen LogP contribution in [0.1, 0.15) is 32.6 Å². The minimum atomic E-state index is 0. The molecule has 0 bridgehead atoms. The summed E-state index contributed by atoms with van der Waals surface area (Å²) in [5, 5.41) is 0. The Morgan fingerprint density at radius 1 is 1.50 bits per heavy atom. The summed E-state index contributed by atoms with van der Waals surface area (Å²) in [6.45, 7) is 2.87. The lowest BCUT2D eigenvalue weighted by Crippen LogP contribution is -2.50. The predicted octanol–water partition coefficient (Wildman–Crippen LogP) is 2.47. The standard InChI is InChI=1S/C11H17ClN2O.ClH/c1-8-9(5-6-12)11(15)14-7-3-2-4-10(14)13-8;/h8-9H,2-7H2,1H3;1H. The van der Waals surface area contributed by atoms with Gasteiger partial charge in [-0.15, -0.1) is 24.0 Å². The lowest BCUT2D eigenvalue weighted by Gasteiger charge is -2.37. The maximum absolute atomic E-state index is 12.1. The lowest BCUT2D eigenvalue weighted by molar-refractivity contribution is -0.133. The van der Waals surface area contributed by atoms with Gasteiger partial charge < -0.3 is 4.90 Å². The van der Waals surface area contributed by atoms with E-state index in [1.807, 2.05) is 11.8 Å². The van der Waals surface area contributed by atoms with Crippen molar-refractivity contribution < 1.29 is 4.79 Å². The van der Waals surface area contributed by atoms with Crippen LogP contribution in [0.2, 0.25) is 0 Å². The monoisotopic (exact) mass is 264 g/mol. The number of hydrogen-bond donors (Lipinski definition) is 0. The third kappa shape index (κ3) is 2.51. The minimum Gasteiger partial charge on any atom is -0.300 e.